The Morgan fingerprint density at radius 3 is 2.25 bits per heavy atom. The lowest BCUT2D eigenvalue weighted by Gasteiger charge is -2.10. The van der Waals surface area contributed by atoms with Gasteiger partial charge in [0.15, 0.2) is 0 Å². The van der Waals surface area contributed by atoms with Gasteiger partial charge in [0.25, 0.3) is 5.91 Å². The van der Waals surface area contributed by atoms with Crippen LogP contribution in [0, 0.1) is 5.92 Å². The summed E-state index contributed by atoms with van der Waals surface area (Å²) in [4.78, 5) is 35.7. The van der Waals surface area contributed by atoms with Gasteiger partial charge in [0.2, 0.25) is 5.91 Å². The normalized spacial score (nSPS) is 12.8. The summed E-state index contributed by atoms with van der Waals surface area (Å²) in [6, 6.07) is 13.0. The Hall–Kier alpha value is -3.06. The molecule has 0 saturated heterocycles. The molecule has 146 valence electrons. The van der Waals surface area contributed by atoms with E-state index >= 15 is 0 Å². The second-order valence-corrected chi connectivity index (χ2v) is 6.86. The van der Waals surface area contributed by atoms with Gasteiger partial charge in [-0.25, -0.2) is 4.79 Å². The zero-order chi connectivity index (χ0) is 19.9. The lowest BCUT2D eigenvalue weighted by atomic mass is 10.2. The highest BCUT2D eigenvalue weighted by Crippen LogP contribution is 2.28. The van der Waals surface area contributed by atoms with Gasteiger partial charge in [-0.1, -0.05) is 23.7 Å². The maximum atomic E-state index is 12.1. The van der Waals surface area contributed by atoms with Gasteiger partial charge in [-0.05, 0) is 49.2 Å². The molecule has 0 atom stereocenters. The van der Waals surface area contributed by atoms with Crippen LogP contribution in [0.5, 0.6) is 0 Å². The SMILES string of the molecule is O=C(Nc1ccc(C(=O)NCCNC(=O)C2CC2)cc1)Nc1ccccc1Cl. The number of hydrogen-bond acceptors (Lipinski definition) is 3. The van der Waals surface area contributed by atoms with Gasteiger partial charge in [0.1, 0.15) is 0 Å². The number of para-hydroxylation sites is 1. The Bertz CT molecular complexity index is 866. The number of carbonyl (C=O) groups is 3. The van der Waals surface area contributed by atoms with Gasteiger partial charge < -0.3 is 21.3 Å². The molecular formula is C20H21ClN4O3. The van der Waals surface area contributed by atoms with Crippen molar-refractivity contribution in [3.05, 3.63) is 59.1 Å². The second kappa shape index (κ2) is 9.23. The molecule has 0 aromatic heterocycles. The van der Waals surface area contributed by atoms with E-state index in [-0.39, 0.29) is 17.7 Å². The van der Waals surface area contributed by atoms with Crippen LogP contribution < -0.4 is 21.3 Å². The zero-order valence-electron chi connectivity index (χ0n) is 15.1. The van der Waals surface area contributed by atoms with E-state index in [1.54, 1.807) is 48.5 Å². The summed E-state index contributed by atoms with van der Waals surface area (Å²) in [6.45, 7) is 0.764. The molecule has 2 aromatic carbocycles. The Morgan fingerprint density at radius 1 is 0.893 bits per heavy atom. The van der Waals surface area contributed by atoms with E-state index in [2.05, 4.69) is 21.3 Å². The summed E-state index contributed by atoms with van der Waals surface area (Å²) < 4.78 is 0. The van der Waals surface area contributed by atoms with Gasteiger partial charge >= 0.3 is 6.03 Å². The molecule has 1 aliphatic carbocycles. The minimum Gasteiger partial charge on any atom is -0.354 e. The van der Waals surface area contributed by atoms with Crippen molar-refractivity contribution >= 4 is 40.8 Å². The fourth-order valence-corrected chi connectivity index (χ4v) is 2.69. The highest BCUT2D eigenvalue weighted by Gasteiger charge is 2.28. The van der Waals surface area contributed by atoms with E-state index in [0.29, 0.717) is 35.1 Å². The van der Waals surface area contributed by atoms with Crippen molar-refractivity contribution in [3.63, 3.8) is 0 Å². The van der Waals surface area contributed by atoms with Crippen LogP contribution in [0.1, 0.15) is 23.2 Å². The predicted octanol–water partition coefficient (Wildman–Crippen LogP) is 3.24. The molecule has 0 heterocycles. The average Bonchev–Trinajstić information content (AvgIpc) is 3.52. The fraction of sp³-hybridized carbons (Fsp3) is 0.250. The van der Waals surface area contributed by atoms with Crippen molar-refractivity contribution in [2.45, 2.75) is 12.8 Å². The summed E-state index contributed by atoms with van der Waals surface area (Å²) in [5.74, 6) is -0.0293. The van der Waals surface area contributed by atoms with E-state index in [9.17, 15) is 14.4 Å². The number of rotatable bonds is 7. The Labute approximate surface area is 167 Å². The summed E-state index contributed by atoms with van der Waals surface area (Å²) in [6.07, 6.45) is 1.91. The summed E-state index contributed by atoms with van der Waals surface area (Å²) >= 11 is 6.00. The predicted molar refractivity (Wildman–Crippen MR) is 109 cm³/mol. The third-order valence-electron chi connectivity index (χ3n) is 4.18. The maximum Gasteiger partial charge on any atom is 0.323 e. The Morgan fingerprint density at radius 2 is 1.57 bits per heavy atom. The van der Waals surface area contributed by atoms with Crippen LogP contribution in [-0.4, -0.2) is 30.9 Å². The van der Waals surface area contributed by atoms with E-state index < -0.39 is 6.03 Å². The second-order valence-electron chi connectivity index (χ2n) is 6.46. The van der Waals surface area contributed by atoms with E-state index in [0.717, 1.165) is 12.8 Å². The van der Waals surface area contributed by atoms with Crippen LogP contribution in [0.3, 0.4) is 0 Å². The van der Waals surface area contributed by atoms with E-state index in [1.807, 2.05) is 0 Å². The molecule has 3 rings (SSSR count). The number of benzene rings is 2. The van der Waals surface area contributed by atoms with Crippen LogP contribution >= 0.6 is 11.6 Å². The van der Waals surface area contributed by atoms with Crippen LogP contribution in [0.4, 0.5) is 16.2 Å². The van der Waals surface area contributed by atoms with Gasteiger partial charge in [0, 0.05) is 30.3 Å². The number of carbonyl (C=O) groups excluding carboxylic acids is 3. The van der Waals surface area contributed by atoms with Gasteiger partial charge in [-0.15, -0.1) is 0 Å². The van der Waals surface area contributed by atoms with E-state index in [1.165, 1.54) is 0 Å². The summed E-state index contributed by atoms with van der Waals surface area (Å²) in [5, 5.41) is 11.3. The molecule has 1 saturated carbocycles. The van der Waals surface area contributed by atoms with Gasteiger partial charge in [-0.2, -0.15) is 0 Å². The third kappa shape index (κ3) is 5.72. The third-order valence-corrected chi connectivity index (χ3v) is 4.51. The van der Waals surface area contributed by atoms with Crippen LogP contribution in [-0.2, 0) is 4.79 Å². The topological polar surface area (TPSA) is 99.3 Å². The molecule has 7 nitrogen and oxygen atoms in total. The average molecular weight is 401 g/mol. The molecule has 0 unspecified atom stereocenters. The molecule has 2 aromatic rings. The Kier molecular flexibility index (Phi) is 6.49. The lowest BCUT2D eigenvalue weighted by molar-refractivity contribution is -0.122. The molecule has 28 heavy (non-hydrogen) atoms. The molecule has 0 bridgehead atoms. The molecule has 8 heteroatoms. The van der Waals surface area contributed by atoms with Crippen molar-refractivity contribution in [2.24, 2.45) is 5.92 Å². The number of urea groups is 1. The summed E-state index contributed by atoms with van der Waals surface area (Å²) in [7, 11) is 0. The minimum atomic E-state index is -0.434. The first-order valence-electron chi connectivity index (χ1n) is 9.01. The standard InChI is InChI=1S/C20H21ClN4O3/c21-16-3-1-2-4-17(16)25-20(28)24-15-9-7-14(8-10-15)19(27)23-12-11-22-18(26)13-5-6-13/h1-4,7-10,13H,5-6,11-12H2,(H,22,26)(H,23,27)(H2,24,25,28). The molecule has 4 amide bonds. The molecule has 0 radical (unpaired) electrons. The number of hydrogen-bond donors (Lipinski definition) is 4. The maximum absolute atomic E-state index is 12.1. The first-order chi connectivity index (χ1) is 13.5. The lowest BCUT2D eigenvalue weighted by Crippen LogP contribution is -2.35. The first kappa shape index (κ1) is 19.7. The van der Waals surface area contributed by atoms with Crippen molar-refractivity contribution in [2.75, 3.05) is 23.7 Å². The molecule has 4 N–H and O–H groups in total. The number of anilines is 2. The highest BCUT2D eigenvalue weighted by atomic mass is 35.5. The Balaban J connectivity index is 1.43. The van der Waals surface area contributed by atoms with Crippen LogP contribution in [0.2, 0.25) is 5.02 Å². The van der Waals surface area contributed by atoms with Crippen molar-refractivity contribution in [3.8, 4) is 0 Å². The van der Waals surface area contributed by atoms with Crippen LogP contribution in [0.25, 0.3) is 0 Å². The quantitative estimate of drug-likeness (QED) is 0.537. The monoisotopic (exact) mass is 400 g/mol. The zero-order valence-corrected chi connectivity index (χ0v) is 15.9. The number of nitrogens with one attached hydrogen (secondary N) is 4. The van der Waals surface area contributed by atoms with Crippen molar-refractivity contribution in [1.29, 1.82) is 0 Å². The number of amides is 4. The molecule has 1 aliphatic rings. The molecule has 0 aliphatic heterocycles. The van der Waals surface area contributed by atoms with Crippen molar-refractivity contribution in [1.82, 2.24) is 10.6 Å². The smallest absolute Gasteiger partial charge is 0.323 e. The molecule has 1 fully saturated rings. The van der Waals surface area contributed by atoms with E-state index in [4.69, 9.17) is 11.6 Å². The summed E-state index contributed by atoms with van der Waals surface area (Å²) in [5.41, 5.74) is 1.51. The highest BCUT2D eigenvalue weighted by molar-refractivity contribution is 6.33. The number of halogens is 1. The van der Waals surface area contributed by atoms with Gasteiger partial charge in [0.05, 0.1) is 10.7 Å². The first-order valence-corrected chi connectivity index (χ1v) is 9.39. The fourth-order valence-electron chi connectivity index (χ4n) is 2.51. The molecular weight excluding hydrogens is 380 g/mol. The van der Waals surface area contributed by atoms with Crippen LogP contribution in [0.15, 0.2) is 48.5 Å². The van der Waals surface area contributed by atoms with Gasteiger partial charge in [-0.3, -0.25) is 9.59 Å². The van der Waals surface area contributed by atoms with Crippen molar-refractivity contribution < 1.29 is 14.4 Å². The largest absolute Gasteiger partial charge is 0.354 e. The molecule has 0 spiro atoms. The minimum absolute atomic E-state index is 0.0553.